The largest absolute Gasteiger partial charge is 0.495 e. The summed E-state index contributed by atoms with van der Waals surface area (Å²) < 4.78 is 34.1. The zero-order chi connectivity index (χ0) is 30.9. The monoisotopic (exact) mass is 668 g/mol. The third kappa shape index (κ3) is 6.38. The van der Waals surface area contributed by atoms with Crippen LogP contribution in [0, 0.1) is 6.92 Å². The number of fused-ring (bicyclic) bond motifs is 1. The highest BCUT2D eigenvalue weighted by molar-refractivity contribution is 9.10. The number of benzene rings is 2. The van der Waals surface area contributed by atoms with E-state index in [2.05, 4.69) is 72.5 Å². The van der Waals surface area contributed by atoms with Crippen molar-refractivity contribution in [3.05, 3.63) is 58.5 Å². The number of nitrogens with one attached hydrogen (secondary N) is 2. The fourth-order valence-electron chi connectivity index (χ4n) is 5.38. The second-order valence-corrected chi connectivity index (χ2v) is 14.4. The standard InChI is InChI=1S/C30H37BrN8O3S/c1-18(2)43(40,41)39(5)28-24(8-7-23-27(28)33-12-11-32-23)35-29-22(31)17-34-30(37-29)36-25-15-19(3)21(16-26(25)42-6)20-9-13-38(4)14-10-20/h7-8,11-12,15-18,20H,9-10,13-14H2,1-6H3,(H2,34,35,36,37). The lowest BCUT2D eigenvalue weighted by molar-refractivity contribution is 0.255. The normalized spacial score (nSPS) is 14.7. The fraction of sp³-hybridized carbons (Fsp3) is 0.400. The lowest BCUT2D eigenvalue weighted by Gasteiger charge is -2.30. The van der Waals surface area contributed by atoms with E-state index in [9.17, 15) is 8.42 Å². The summed E-state index contributed by atoms with van der Waals surface area (Å²) in [6.45, 7) is 7.58. The van der Waals surface area contributed by atoms with Crippen molar-refractivity contribution in [2.24, 2.45) is 0 Å². The number of aromatic nitrogens is 4. The van der Waals surface area contributed by atoms with Gasteiger partial charge in [0.05, 0.1) is 33.7 Å². The minimum Gasteiger partial charge on any atom is -0.495 e. The van der Waals surface area contributed by atoms with Crippen LogP contribution in [0.1, 0.15) is 43.7 Å². The van der Waals surface area contributed by atoms with Gasteiger partial charge in [0.2, 0.25) is 16.0 Å². The first-order valence-electron chi connectivity index (χ1n) is 14.1. The Hall–Kier alpha value is -3.55. The number of piperidine rings is 1. The molecule has 1 aliphatic rings. The third-order valence-corrected chi connectivity index (χ3v) is 10.6. The minimum absolute atomic E-state index is 0.348. The molecule has 11 nitrogen and oxygen atoms in total. The molecular weight excluding hydrogens is 632 g/mol. The summed E-state index contributed by atoms with van der Waals surface area (Å²) in [7, 11) is 1.68. The number of nitrogens with zero attached hydrogens (tertiary/aromatic N) is 6. The summed E-state index contributed by atoms with van der Waals surface area (Å²) in [5, 5.41) is 5.98. The van der Waals surface area contributed by atoms with E-state index in [-0.39, 0.29) is 0 Å². The highest BCUT2D eigenvalue weighted by atomic mass is 79.9. The Morgan fingerprint density at radius 3 is 2.49 bits per heavy atom. The summed E-state index contributed by atoms with van der Waals surface area (Å²) >= 11 is 3.54. The maximum absolute atomic E-state index is 13.2. The SMILES string of the molecule is COc1cc(C2CCN(C)CC2)c(C)cc1Nc1ncc(Br)c(Nc2ccc3nccnc3c2N(C)S(=O)(=O)C(C)C)n1. The molecule has 0 unspecified atom stereocenters. The molecule has 1 saturated heterocycles. The van der Waals surface area contributed by atoms with E-state index in [0.717, 1.165) is 37.4 Å². The van der Waals surface area contributed by atoms with Gasteiger partial charge in [-0.1, -0.05) is 0 Å². The van der Waals surface area contributed by atoms with Gasteiger partial charge in [0.25, 0.3) is 0 Å². The average molecular weight is 670 g/mol. The first-order chi connectivity index (χ1) is 20.5. The van der Waals surface area contributed by atoms with Crippen LogP contribution in [0.2, 0.25) is 0 Å². The zero-order valence-electron chi connectivity index (χ0n) is 25.2. The van der Waals surface area contributed by atoms with Crippen LogP contribution in [0.25, 0.3) is 11.0 Å². The number of halogens is 1. The summed E-state index contributed by atoms with van der Waals surface area (Å²) in [4.78, 5) is 20.4. The van der Waals surface area contributed by atoms with Crippen LogP contribution in [0.3, 0.4) is 0 Å². The summed E-state index contributed by atoms with van der Waals surface area (Å²) in [6, 6.07) is 7.77. The van der Waals surface area contributed by atoms with Crippen LogP contribution in [0.5, 0.6) is 5.75 Å². The molecular formula is C30H37BrN8O3S. The molecule has 0 atom stereocenters. The van der Waals surface area contributed by atoms with Gasteiger partial charge in [-0.05, 0) is 111 Å². The molecule has 0 amide bonds. The molecule has 228 valence electrons. The second-order valence-electron chi connectivity index (χ2n) is 11.1. The van der Waals surface area contributed by atoms with Crippen molar-refractivity contribution in [1.29, 1.82) is 0 Å². The number of methoxy groups -OCH3 is 1. The van der Waals surface area contributed by atoms with Crippen LogP contribution in [0.4, 0.5) is 28.8 Å². The van der Waals surface area contributed by atoms with E-state index >= 15 is 0 Å². The van der Waals surface area contributed by atoms with E-state index in [1.165, 1.54) is 22.5 Å². The molecule has 43 heavy (non-hydrogen) atoms. The van der Waals surface area contributed by atoms with Crippen molar-refractivity contribution < 1.29 is 13.2 Å². The smallest absolute Gasteiger partial charge is 0.237 e. The summed E-state index contributed by atoms with van der Waals surface area (Å²) in [6.07, 6.45) is 6.99. The Labute approximate surface area is 261 Å². The molecule has 0 spiro atoms. The molecule has 1 fully saturated rings. The highest BCUT2D eigenvalue weighted by Crippen LogP contribution is 2.39. The predicted molar refractivity (Wildman–Crippen MR) is 175 cm³/mol. The Kier molecular flexibility index (Phi) is 9.04. The van der Waals surface area contributed by atoms with Gasteiger partial charge >= 0.3 is 0 Å². The van der Waals surface area contributed by atoms with Crippen LogP contribution in [-0.2, 0) is 10.0 Å². The van der Waals surface area contributed by atoms with Crippen molar-refractivity contribution in [3.63, 3.8) is 0 Å². The lowest BCUT2D eigenvalue weighted by atomic mass is 9.86. The molecule has 1 aliphatic heterocycles. The highest BCUT2D eigenvalue weighted by Gasteiger charge is 2.28. The molecule has 0 saturated carbocycles. The fourth-order valence-corrected chi connectivity index (χ4v) is 6.74. The predicted octanol–water partition coefficient (Wildman–Crippen LogP) is 5.97. The summed E-state index contributed by atoms with van der Waals surface area (Å²) in [5.41, 5.74) is 5.15. The van der Waals surface area contributed by atoms with E-state index < -0.39 is 15.3 Å². The number of hydrogen-bond acceptors (Lipinski definition) is 10. The molecule has 3 heterocycles. The average Bonchev–Trinajstić information content (AvgIpc) is 2.99. The number of sulfonamides is 1. The van der Waals surface area contributed by atoms with Crippen molar-refractivity contribution in [2.45, 2.75) is 44.8 Å². The number of rotatable bonds is 9. The van der Waals surface area contributed by atoms with E-state index in [1.54, 1.807) is 51.7 Å². The first kappa shape index (κ1) is 30.9. The van der Waals surface area contributed by atoms with E-state index in [1.807, 2.05) is 0 Å². The topological polar surface area (TPSA) is 125 Å². The van der Waals surface area contributed by atoms with Crippen molar-refractivity contribution in [3.8, 4) is 5.75 Å². The Morgan fingerprint density at radius 1 is 1.07 bits per heavy atom. The third-order valence-electron chi connectivity index (χ3n) is 7.90. The first-order valence-corrected chi connectivity index (χ1v) is 16.4. The van der Waals surface area contributed by atoms with E-state index in [0.29, 0.717) is 44.6 Å². The van der Waals surface area contributed by atoms with E-state index in [4.69, 9.17) is 9.72 Å². The maximum Gasteiger partial charge on any atom is 0.237 e. The Bertz CT molecular complexity index is 1740. The van der Waals surface area contributed by atoms with Gasteiger partial charge < -0.3 is 20.3 Å². The number of anilines is 5. The number of ether oxygens (including phenoxy) is 1. The number of hydrogen-bond donors (Lipinski definition) is 2. The molecule has 2 aromatic carbocycles. The Balaban J connectivity index is 1.48. The maximum atomic E-state index is 13.2. The van der Waals surface area contributed by atoms with Gasteiger partial charge in [0.1, 0.15) is 22.8 Å². The molecule has 5 rings (SSSR count). The zero-order valence-corrected chi connectivity index (χ0v) is 27.6. The molecule has 2 N–H and O–H groups in total. The van der Waals surface area contributed by atoms with Crippen LogP contribution in [-0.4, -0.2) is 72.8 Å². The minimum atomic E-state index is -3.67. The molecule has 0 aliphatic carbocycles. The van der Waals surface area contributed by atoms with Crippen molar-refractivity contribution >= 4 is 65.8 Å². The molecule has 4 aromatic rings. The molecule has 0 radical (unpaired) electrons. The Morgan fingerprint density at radius 2 is 1.79 bits per heavy atom. The van der Waals surface area contributed by atoms with Crippen molar-refractivity contribution in [1.82, 2.24) is 24.8 Å². The van der Waals surface area contributed by atoms with Crippen LogP contribution < -0.4 is 19.7 Å². The van der Waals surface area contributed by atoms with Crippen molar-refractivity contribution in [2.75, 3.05) is 49.2 Å². The van der Waals surface area contributed by atoms with Gasteiger partial charge in [-0.2, -0.15) is 4.98 Å². The number of likely N-dealkylation sites (tertiary alicyclic amines) is 1. The number of aryl methyl sites for hydroxylation is 1. The molecule has 2 aromatic heterocycles. The molecule has 0 bridgehead atoms. The van der Waals surface area contributed by atoms with Gasteiger partial charge in [-0.25, -0.2) is 13.4 Å². The quantitative estimate of drug-likeness (QED) is 0.220. The molecule has 13 heteroatoms. The van der Waals surface area contributed by atoms with Gasteiger partial charge in [-0.15, -0.1) is 0 Å². The second kappa shape index (κ2) is 12.6. The van der Waals surface area contributed by atoms with Gasteiger partial charge in [0.15, 0.2) is 0 Å². The summed E-state index contributed by atoms with van der Waals surface area (Å²) in [5.74, 6) is 2.01. The van der Waals surface area contributed by atoms with Gasteiger partial charge in [-0.3, -0.25) is 14.3 Å². The van der Waals surface area contributed by atoms with Gasteiger partial charge in [0, 0.05) is 25.6 Å². The lowest BCUT2D eigenvalue weighted by Crippen LogP contribution is -2.33. The van der Waals surface area contributed by atoms with Crippen LogP contribution in [0.15, 0.2) is 47.3 Å². The van der Waals surface area contributed by atoms with Crippen LogP contribution >= 0.6 is 15.9 Å².